The van der Waals surface area contributed by atoms with Gasteiger partial charge in [0.05, 0.1) is 30.3 Å². The molecule has 0 saturated carbocycles. The Labute approximate surface area is 163 Å². The summed E-state index contributed by atoms with van der Waals surface area (Å²) in [7, 11) is 0. The van der Waals surface area contributed by atoms with Crippen molar-refractivity contribution in [1.82, 2.24) is 30.3 Å². The third kappa shape index (κ3) is 3.31. The molecule has 2 unspecified atom stereocenters. The van der Waals surface area contributed by atoms with Gasteiger partial charge in [-0.25, -0.2) is 18.4 Å². The van der Waals surface area contributed by atoms with Gasteiger partial charge in [-0.1, -0.05) is 17.3 Å². The second-order valence-corrected chi connectivity index (χ2v) is 6.95. The lowest BCUT2D eigenvalue weighted by Crippen LogP contribution is -2.52. The van der Waals surface area contributed by atoms with E-state index in [2.05, 4.69) is 25.6 Å². The lowest BCUT2D eigenvalue weighted by Gasteiger charge is -2.32. The molecule has 2 bridgehead atoms. The first kappa shape index (κ1) is 17.7. The Morgan fingerprint density at radius 2 is 2.10 bits per heavy atom. The van der Waals surface area contributed by atoms with E-state index in [1.807, 2.05) is 12.2 Å². The zero-order chi connectivity index (χ0) is 20.0. The van der Waals surface area contributed by atoms with Crippen molar-refractivity contribution >= 4 is 0 Å². The van der Waals surface area contributed by atoms with E-state index >= 15 is 0 Å². The normalized spacial score (nSPS) is 25.3. The number of fused-ring (bicyclic) bond motifs is 2. The number of alkyl halides is 1. The molecule has 148 valence electrons. The van der Waals surface area contributed by atoms with Crippen LogP contribution in [0.15, 0.2) is 48.9 Å². The average molecular weight is 398 g/mol. The number of aromatic hydroxyl groups is 1. The molecule has 2 aromatic heterocycles. The van der Waals surface area contributed by atoms with Crippen LogP contribution in [0.2, 0.25) is 0 Å². The van der Waals surface area contributed by atoms with Crippen LogP contribution in [0.5, 0.6) is 11.8 Å². The number of benzene rings is 1. The van der Waals surface area contributed by atoms with Gasteiger partial charge < -0.3 is 15.2 Å². The summed E-state index contributed by atoms with van der Waals surface area (Å²) in [5, 5.41) is 25.2. The lowest BCUT2D eigenvalue weighted by molar-refractivity contribution is 0.0438. The fraction of sp³-hybridized carbons (Fsp3) is 0.263. The van der Waals surface area contributed by atoms with Gasteiger partial charge >= 0.3 is 6.01 Å². The van der Waals surface area contributed by atoms with Crippen LogP contribution < -0.4 is 10.1 Å². The topological polar surface area (TPSA) is 98.0 Å². The number of nitrogens with zero attached hydrogens (tertiary/aromatic N) is 5. The molecule has 2 aliphatic heterocycles. The number of phenolic OH excluding ortho intramolecular Hbond substituents is 1. The van der Waals surface area contributed by atoms with Gasteiger partial charge in [-0.2, -0.15) is 5.10 Å². The van der Waals surface area contributed by atoms with Gasteiger partial charge in [-0.05, 0) is 12.1 Å². The van der Waals surface area contributed by atoms with Gasteiger partial charge in [0.1, 0.15) is 17.5 Å². The first-order valence-corrected chi connectivity index (χ1v) is 9.05. The van der Waals surface area contributed by atoms with Crippen LogP contribution >= 0.6 is 0 Å². The highest BCUT2D eigenvalue weighted by Crippen LogP contribution is 2.30. The van der Waals surface area contributed by atoms with Crippen LogP contribution in [0, 0.1) is 5.82 Å². The molecule has 0 aliphatic carbocycles. The molecule has 0 radical (unpaired) electrons. The lowest BCUT2D eigenvalue weighted by atomic mass is 9.99. The highest BCUT2D eigenvalue weighted by Gasteiger charge is 2.40. The SMILES string of the molecule is Oc1cc(-n2cc(F)cn2)ccc1-c1cnc(O[C@H]2CC3C=CC(N3)[C@H]2F)nn1. The molecule has 4 atom stereocenters. The molecule has 8 nitrogen and oxygen atoms in total. The minimum Gasteiger partial charge on any atom is -0.507 e. The largest absolute Gasteiger partial charge is 0.507 e. The highest BCUT2D eigenvalue weighted by atomic mass is 19.1. The van der Waals surface area contributed by atoms with Crippen molar-refractivity contribution in [2.75, 3.05) is 0 Å². The van der Waals surface area contributed by atoms with Crippen LogP contribution in [0.1, 0.15) is 6.42 Å². The summed E-state index contributed by atoms with van der Waals surface area (Å²) in [5.41, 5.74) is 1.19. The Hall–Kier alpha value is -3.40. The van der Waals surface area contributed by atoms with E-state index in [9.17, 15) is 13.9 Å². The van der Waals surface area contributed by atoms with E-state index in [0.717, 1.165) is 6.20 Å². The Morgan fingerprint density at radius 3 is 2.83 bits per heavy atom. The number of rotatable bonds is 4. The summed E-state index contributed by atoms with van der Waals surface area (Å²) in [6.07, 6.45) is 6.04. The number of halogens is 2. The Morgan fingerprint density at radius 1 is 1.21 bits per heavy atom. The van der Waals surface area contributed by atoms with E-state index in [0.29, 0.717) is 23.4 Å². The van der Waals surface area contributed by atoms with Gasteiger partial charge in [0.2, 0.25) is 0 Å². The molecular weight excluding hydrogens is 382 g/mol. The summed E-state index contributed by atoms with van der Waals surface area (Å²) in [5.74, 6) is -0.569. The smallest absolute Gasteiger partial charge is 0.336 e. The van der Waals surface area contributed by atoms with Crippen LogP contribution in [-0.4, -0.2) is 54.4 Å². The van der Waals surface area contributed by atoms with E-state index < -0.39 is 18.1 Å². The zero-order valence-electron chi connectivity index (χ0n) is 15.0. The minimum absolute atomic E-state index is 0.0224. The van der Waals surface area contributed by atoms with Crippen molar-refractivity contribution in [3.63, 3.8) is 0 Å². The van der Waals surface area contributed by atoms with E-state index in [-0.39, 0.29) is 23.8 Å². The summed E-state index contributed by atoms with van der Waals surface area (Å²) in [4.78, 5) is 4.10. The molecular formula is C19H16F2N6O2. The molecule has 1 fully saturated rings. The van der Waals surface area contributed by atoms with Crippen molar-refractivity contribution < 1.29 is 18.6 Å². The quantitative estimate of drug-likeness (QED) is 0.649. The van der Waals surface area contributed by atoms with E-state index in [4.69, 9.17) is 4.74 Å². The Kier molecular flexibility index (Phi) is 4.20. The third-order valence-electron chi connectivity index (χ3n) is 5.01. The maximum Gasteiger partial charge on any atom is 0.336 e. The second-order valence-electron chi connectivity index (χ2n) is 6.95. The van der Waals surface area contributed by atoms with Crippen LogP contribution in [0.4, 0.5) is 8.78 Å². The zero-order valence-corrected chi connectivity index (χ0v) is 15.0. The minimum atomic E-state index is -1.20. The standard InChI is InChI=1S/C19H16F2N6O2/c20-10-7-23-27(9-10)12-2-3-13(16(28)6-12)15-8-22-19(26-25-15)29-17-5-11-1-4-14(24-11)18(17)21/h1-4,6-9,11,14,17-18,24,28H,5H2/t11?,14?,17-,18+/m0/s1. The van der Waals surface area contributed by atoms with Crippen molar-refractivity contribution in [1.29, 1.82) is 0 Å². The molecule has 0 spiro atoms. The van der Waals surface area contributed by atoms with Crippen molar-refractivity contribution in [2.45, 2.75) is 30.8 Å². The Bertz CT molecular complexity index is 1070. The van der Waals surface area contributed by atoms with Gasteiger partial charge in [0, 0.05) is 24.1 Å². The number of aromatic nitrogens is 5. The number of hydrogen-bond acceptors (Lipinski definition) is 7. The van der Waals surface area contributed by atoms with Crippen LogP contribution in [-0.2, 0) is 0 Å². The second kappa shape index (κ2) is 6.89. The Balaban J connectivity index is 1.32. The summed E-state index contributed by atoms with van der Waals surface area (Å²) >= 11 is 0. The van der Waals surface area contributed by atoms with Gasteiger partial charge in [0.25, 0.3) is 0 Å². The number of hydrogen-bond donors (Lipinski definition) is 2. The first-order chi connectivity index (χ1) is 14.1. The van der Waals surface area contributed by atoms with E-state index in [1.165, 1.54) is 23.1 Å². The molecule has 5 rings (SSSR count). The first-order valence-electron chi connectivity index (χ1n) is 9.05. The highest BCUT2D eigenvalue weighted by molar-refractivity contribution is 5.67. The predicted molar refractivity (Wildman–Crippen MR) is 97.8 cm³/mol. The average Bonchev–Trinajstić information content (AvgIpc) is 3.33. The molecule has 3 aromatic rings. The number of phenols is 1. The molecule has 1 aromatic carbocycles. The molecule has 2 N–H and O–H groups in total. The van der Waals surface area contributed by atoms with Gasteiger partial charge in [-0.15, -0.1) is 5.10 Å². The van der Waals surface area contributed by atoms with Crippen molar-refractivity contribution in [3.8, 4) is 28.7 Å². The molecule has 10 heteroatoms. The molecule has 4 heterocycles. The van der Waals surface area contributed by atoms with Gasteiger partial charge in [-0.3, -0.25) is 0 Å². The maximum atomic E-state index is 14.4. The maximum absolute atomic E-state index is 14.4. The van der Waals surface area contributed by atoms with Crippen LogP contribution in [0.3, 0.4) is 0 Å². The third-order valence-corrected chi connectivity index (χ3v) is 5.01. The van der Waals surface area contributed by atoms with Crippen molar-refractivity contribution in [3.05, 3.63) is 54.8 Å². The number of piperidine rings is 1. The molecule has 1 saturated heterocycles. The molecule has 0 amide bonds. The van der Waals surface area contributed by atoms with Crippen LogP contribution in [0.25, 0.3) is 16.9 Å². The molecule has 2 aliphatic rings. The summed E-state index contributed by atoms with van der Waals surface area (Å²) in [6.45, 7) is 0. The van der Waals surface area contributed by atoms with Gasteiger partial charge in [0.15, 0.2) is 12.0 Å². The summed E-state index contributed by atoms with van der Waals surface area (Å²) in [6, 6.07) is 4.39. The monoisotopic (exact) mass is 398 g/mol. The summed E-state index contributed by atoms with van der Waals surface area (Å²) < 4.78 is 34.4. The number of ether oxygens (including phenoxy) is 1. The van der Waals surface area contributed by atoms with E-state index in [1.54, 1.807) is 12.1 Å². The predicted octanol–water partition coefficient (Wildman–Crippen LogP) is 1.95. The fourth-order valence-electron chi connectivity index (χ4n) is 3.58. The molecule has 29 heavy (non-hydrogen) atoms. The fourth-order valence-corrected chi connectivity index (χ4v) is 3.58. The number of nitrogens with one attached hydrogen (secondary N) is 1. The van der Waals surface area contributed by atoms with Crippen molar-refractivity contribution in [2.24, 2.45) is 0 Å².